The molecule has 0 aliphatic heterocycles. The number of hydrogen-bond donors (Lipinski definition) is 1. The van der Waals surface area contributed by atoms with E-state index in [9.17, 15) is 0 Å². The normalized spacial score (nSPS) is 16.6. The monoisotopic (exact) mass is 284 g/mol. The lowest BCUT2D eigenvalue weighted by Gasteiger charge is -2.21. The second-order valence-corrected chi connectivity index (χ2v) is 5.26. The Hall–Kier alpha value is -0.840. The molecule has 0 radical (unpaired) electrons. The molecule has 0 spiro atoms. The van der Waals surface area contributed by atoms with Crippen LogP contribution in [0.1, 0.15) is 25.7 Å². The zero-order valence-corrected chi connectivity index (χ0v) is 11.1. The highest BCUT2D eigenvalue weighted by molar-refractivity contribution is 9.10. The molecule has 5 heteroatoms. The van der Waals surface area contributed by atoms with Crippen LogP contribution in [0.15, 0.2) is 10.7 Å². The molecule has 88 valence electrons. The molecule has 0 unspecified atom stereocenters. The molecule has 0 saturated heterocycles. The molecule has 0 aromatic carbocycles. The molecule has 1 saturated carbocycles. The Balaban J connectivity index is 2.04. The van der Waals surface area contributed by atoms with Crippen molar-refractivity contribution in [2.24, 2.45) is 5.92 Å². The lowest BCUT2D eigenvalue weighted by molar-refractivity contribution is 0.542. The number of anilines is 2. The molecule has 2 rings (SSSR count). The number of halogens is 1. The van der Waals surface area contributed by atoms with Crippen molar-refractivity contribution >= 4 is 27.7 Å². The van der Waals surface area contributed by atoms with Crippen LogP contribution in [0.3, 0.4) is 0 Å². The Morgan fingerprint density at radius 3 is 2.75 bits per heavy atom. The number of rotatable bonds is 3. The summed E-state index contributed by atoms with van der Waals surface area (Å²) in [6.07, 6.45) is 5.38. The topological polar surface area (TPSA) is 55.0 Å². The number of nitrogen functional groups attached to an aromatic ring is 1. The first kappa shape index (κ1) is 11.6. The largest absolute Gasteiger partial charge is 0.383 e. The van der Waals surface area contributed by atoms with Gasteiger partial charge in [0.25, 0.3) is 0 Å². The van der Waals surface area contributed by atoms with E-state index in [4.69, 9.17) is 5.73 Å². The van der Waals surface area contributed by atoms with Gasteiger partial charge in [-0.15, -0.1) is 0 Å². The van der Waals surface area contributed by atoms with Crippen molar-refractivity contribution in [3.05, 3.63) is 10.7 Å². The van der Waals surface area contributed by atoms with E-state index in [1.54, 1.807) is 6.07 Å². The fourth-order valence-corrected chi connectivity index (χ4v) is 2.65. The maximum absolute atomic E-state index is 5.70. The minimum absolute atomic E-state index is 0.509. The van der Waals surface area contributed by atoms with Crippen LogP contribution in [-0.2, 0) is 0 Å². The van der Waals surface area contributed by atoms with E-state index in [2.05, 4.69) is 30.8 Å². The summed E-state index contributed by atoms with van der Waals surface area (Å²) in [4.78, 5) is 10.7. The van der Waals surface area contributed by atoms with Crippen LogP contribution in [0, 0.1) is 5.92 Å². The molecule has 0 amide bonds. The van der Waals surface area contributed by atoms with E-state index < -0.39 is 0 Å². The van der Waals surface area contributed by atoms with Crippen LogP contribution in [-0.4, -0.2) is 23.6 Å². The lowest BCUT2D eigenvalue weighted by atomic mass is 10.1. The molecule has 1 heterocycles. The molecule has 0 bridgehead atoms. The third-order valence-electron chi connectivity index (χ3n) is 3.05. The maximum atomic E-state index is 5.70. The van der Waals surface area contributed by atoms with Gasteiger partial charge in [-0.05, 0) is 34.7 Å². The first-order valence-electron chi connectivity index (χ1n) is 5.66. The van der Waals surface area contributed by atoms with Crippen molar-refractivity contribution in [2.45, 2.75) is 25.7 Å². The molecule has 1 aliphatic rings. The smallest absolute Gasteiger partial charge is 0.228 e. The molecule has 4 nitrogen and oxygen atoms in total. The third kappa shape index (κ3) is 2.84. The van der Waals surface area contributed by atoms with Crippen molar-refractivity contribution < 1.29 is 0 Å². The second-order valence-electron chi connectivity index (χ2n) is 4.45. The molecule has 1 aromatic heterocycles. The van der Waals surface area contributed by atoms with Crippen LogP contribution in [0.2, 0.25) is 0 Å². The van der Waals surface area contributed by atoms with Crippen molar-refractivity contribution in [1.82, 2.24) is 9.97 Å². The van der Waals surface area contributed by atoms with Crippen molar-refractivity contribution in [3.8, 4) is 0 Å². The van der Waals surface area contributed by atoms with E-state index in [0.29, 0.717) is 11.8 Å². The van der Waals surface area contributed by atoms with Gasteiger partial charge in [0.05, 0.1) is 0 Å². The molecule has 1 aliphatic carbocycles. The van der Waals surface area contributed by atoms with Gasteiger partial charge >= 0.3 is 0 Å². The quantitative estimate of drug-likeness (QED) is 0.867. The Morgan fingerprint density at radius 2 is 2.12 bits per heavy atom. The van der Waals surface area contributed by atoms with Crippen LogP contribution >= 0.6 is 15.9 Å². The maximum Gasteiger partial charge on any atom is 0.228 e. The standard InChI is InChI=1S/C11H17BrN4/c1-16(7-8-4-2-3-5-8)11-14-9(12)6-10(13)15-11/h6,8H,2-5,7H2,1H3,(H2,13,14,15). The van der Waals surface area contributed by atoms with Gasteiger partial charge in [0, 0.05) is 19.7 Å². The van der Waals surface area contributed by atoms with Gasteiger partial charge < -0.3 is 10.6 Å². The summed E-state index contributed by atoms with van der Waals surface area (Å²) < 4.78 is 0.744. The van der Waals surface area contributed by atoms with E-state index in [0.717, 1.165) is 17.1 Å². The highest BCUT2D eigenvalue weighted by Gasteiger charge is 2.18. The van der Waals surface area contributed by atoms with Crippen LogP contribution < -0.4 is 10.6 Å². The molecule has 2 N–H and O–H groups in total. The van der Waals surface area contributed by atoms with E-state index in [-0.39, 0.29) is 0 Å². The summed E-state index contributed by atoms with van der Waals surface area (Å²) in [5, 5.41) is 0. The van der Waals surface area contributed by atoms with E-state index in [1.807, 2.05) is 7.05 Å². The molecular formula is C11H17BrN4. The van der Waals surface area contributed by atoms with E-state index in [1.165, 1.54) is 25.7 Å². The fourth-order valence-electron chi connectivity index (χ4n) is 2.26. The van der Waals surface area contributed by atoms with Gasteiger partial charge in [-0.3, -0.25) is 0 Å². The van der Waals surface area contributed by atoms with Gasteiger partial charge in [-0.1, -0.05) is 12.8 Å². The highest BCUT2D eigenvalue weighted by atomic mass is 79.9. The Bertz CT molecular complexity index is 343. The van der Waals surface area contributed by atoms with Gasteiger partial charge in [0.1, 0.15) is 10.4 Å². The zero-order valence-electron chi connectivity index (χ0n) is 9.49. The number of nitrogens with two attached hydrogens (primary N) is 1. The zero-order chi connectivity index (χ0) is 11.5. The highest BCUT2D eigenvalue weighted by Crippen LogP contribution is 2.26. The van der Waals surface area contributed by atoms with Gasteiger partial charge in [0.15, 0.2) is 0 Å². The van der Waals surface area contributed by atoms with E-state index >= 15 is 0 Å². The molecule has 0 atom stereocenters. The van der Waals surface area contributed by atoms with Crippen LogP contribution in [0.4, 0.5) is 11.8 Å². The number of hydrogen-bond acceptors (Lipinski definition) is 4. The predicted molar refractivity (Wildman–Crippen MR) is 69.4 cm³/mol. The number of nitrogens with zero attached hydrogens (tertiary/aromatic N) is 3. The van der Waals surface area contributed by atoms with Crippen molar-refractivity contribution in [2.75, 3.05) is 24.2 Å². The molecule has 16 heavy (non-hydrogen) atoms. The van der Waals surface area contributed by atoms with Crippen LogP contribution in [0.5, 0.6) is 0 Å². The summed E-state index contributed by atoms with van der Waals surface area (Å²) in [6.45, 7) is 1.02. The summed E-state index contributed by atoms with van der Waals surface area (Å²) in [5.41, 5.74) is 5.70. The Labute approximate surface area is 104 Å². The summed E-state index contributed by atoms with van der Waals surface area (Å²) in [7, 11) is 2.03. The average Bonchev–Trinajstić information content (AvgIpc) is 2.68. The average molecular weight is 285 g/mol. The minimum atomic E-state index is 0.509. The van der Waals surface area contributed by atoms with Crippen molar-refractivity contribution in [1.29, 1.82) is 0 Å². The second kappa shape index (κ2) is 4.99. The van der Waals surface area contributed by atoms with Crippen LogP contribution in [0.25, 0.3) is 0 Å². The lowest BCUT2D eigenvalue weighted by Crippen LogP contribution is -2.26. The van der Waals surface area contributed by atoms with Gasteiger partial charge in [-0.25, -0.2) is 4.98 Å². The Morgan fingerprint density at radius 1 is 1.44 bits per heavy atom. The number of aromatic nitrogens is 2. The SMILES string of the molecule is CN(CC1CCCC1)c1nc(N)cc(Br)n1. The van der Waals surface area contributed by atoms with Gasteiger partial charge in [0.2, 0.25) is 5.95 Å². The Kier molecular flexibility index (Phi) is 3.63. The minimum Gasteiger partial charge on any atom is -0.383 e. The molecule has 1 aromatic rings. The predicted octanol–water partition coefficient (Wildman–Crippen LogP) is 2.45. The summed E-state index contributed by atoms with van der Waals surface area (Å²) in [5.74, 6) is 2.00. The van der Waals surface area contributed by atoms with Gasteiger partial charge in [-0.2, -0.15) is 4.98 Å². The fraction of sp³-hybridized carbons (Fsp3) is 0.636. The third-order valence-corrected chi connectivity index (χ3v) is 3.46. The first-order valence-corrected chi connectivity index (χ1v) is 6.45. The van der Waals surface area contributed by atoms with Crippen molar-refractivity contribution in [3.63, 3.8) is 0 Å². The first-order chi connectivity index (χ1) is 7.65. The molecular weight excluding hydrogens is 268 g/mol. The molecule has 1 fully saturated rings. The summed E-state index contributed by atoms with van der Waals surface area (Å²) >= 11 is 3.34. The summed E-state index contributed by atoms with van der Waals surface area (Å²) in [6, 6.07) is 1.72.